The molecule has 0 aliphatic carbocycles. The summed E-state index contributed by atoms with van der Waals surface area (Å²) in [6.07, 6.45) is 47.9. The Morgan fingerprint density at radius 3 is 0.950 bits per heavy atom. The molecule has 356 valence electrons. The summed E-state index contributed by atoms with van der Waals surface area (Å²) in [7, 11) is 0. The van der Waals surface area contributed by atoms with Crippen LogP contribution in [-0.4, -0.2) is 37.2 Å². The molecule has 0 aromatic heterocycles. The number of ether oxygens (including phenoxy) is 3. The van der Waals surface area contributed by atoms with Crippen molar-refractivity contribution in [2.45, 2.75) is 304 Å². The van der Waals surface area contributed by atoms with Gasteiger partial charge >= 0.3 is 17.9 Å². The monoisotopic (exact) mass is 849 g/mol. The Bertz CT molecular complexity index is 918. The molecule has 0 rings (SSSR count). The van der Waals surface area contributed by atoms with Crippen LogP contribution in [0.2, 0.25) is 0 Å². The summed E-state index contributed by atoms with van der Waals surface area (Å²) in [6, 6.07) is 0. The largest absolute Gasteiger partial charge is 0.462 e. The highest BCUT2D eigenvalue weighted by Gasteiger charge is 2.19. The van der Waals surface area contributed by atoms with Gasteiger partial charge in [0.1, 0.15) is 13.2 Å². The van der Waals surface area contributed by atoms with E-state index in [-0.39, 0.29) is 31.1 Å². The molecule has 2 atom stereocenters. The van der Waals surface area contributed by atoms with Crippen LogP contribution < -0.4 is 0 Å². The van der Waals surface area contributed by atoms with Crippen molar-refractivity contribution in [3.8, 4) is 0 Å². The van der Waals surface area contributed by atoms with Gasteiger partial charge in [0.05, 0.1) is 0 Å². The molecule has 6 heteroatoms. The Balaban J connectivity index is 4.29. The standard InChI is InChI=1S/C54H104O6/c1-6-8-9-10-11-12-17-24-29-34-39-44-52(55)58-47-51(60-54(57)46-41-36-31-26-21-20-23-28-33-38-43-50(5)7-2)48-59-53(56)45-40-35-30-25-19-16-14-13-15-18-22-27-32-37-42-49(3)4/h49-51H,6-48H2,1-5H3/t50?,51-/m1/s1. The zero-order chi connectivity index (χ0) is 44.0. The first-order chi connectivity index (χ1) is 29.3. The second kappa shape index (κ2) is 46.9. The maximum atomic E-state index is 12.8. The Morgan fingerprint density at radius 1 is 0.350 bits per heavy atom. The third kappa shape index (κ3) is 45.9. The van der Waals surface area contributed by atoms with Crippen molar-refractivity contribution >= 4 is 17.9 Å². The van der Waals surface area contributed by atoms with Gasteiger partial charge in [-0.2, -0.15) is 0 Å². The van der Waals surface area contributed by atoms with Gasteiger partial charge in [0.2, 0.25) is 0 Å². The summed E-state index contributed by atoms with van der Waals surface area (Å²) in [5.41, 5.74) is 0. The molecule has 0 aliphatic heterocycles. The molecule has 0 radical (unpaired) electrons. The van der Waals surface area contributed by atoms with Gasteiger partial charge in [-0.25, -0.2) is 0 Å². The minimum absolute atomic E-state index is 0.0634. The lowest BCUT2D eigenvalue weighted by molar-refractivity contribution is -0.167. The van der Waals surface area contributed by atoms with Crippen molar-refractivity contribution in [3.05, 3.63) is 0 Å². The normalized spacial score (nSPS) is 12.5. The second-order valence-electron chi connectivity index (χ2n) is 19.2. The van der Waals surface area contributed by atoms with E-state index in [4.69, 9.17) is 14.2 Å². The number of hydrogen-bond donors (Lipinski definition) is 0. The van der Waals surface area contributed by atoms with Crippen LogP contribution in [0.25, 0.3) is 0 Å². The van der Waals surface area contributed by atoms with Crippen LogP contribution in [0.1, 0.15) is 298 Å². The van der Waals surface area contributed by atoms with Gasteiger partial charge in [-0.15, -0.1) is 0 Å². The molecule has 0 aromatic rings. The fourth-order valence-electron chi connectivity index (χ4n) is 8.13. The second-order valence-corrected chi connectivity index (χ2v) is 19.2. The van der Waals surface area contributed by atoms with Crippen LogP contribution in [-0.2, 0) is 28.6 Å². The number of esters is 3. The predicted octanol–water partition coefficient (Wildman–Crippen LogP) is 17.3. The Morgan fingerprint density at radius 2 is 0.633 bits per heavy atom. The topological polar surface area (TPSA) is 78.9 Å². The summed E-state index contributed by atoms with van der Waals surface area (Å²) in [5.74, 6) is 0.866. The van der Waals surface area contributed by atoms with Crippen molar-refractivity contribution in [1.29, 1.82) is 0 Å². The van der Waals surface area contributed by atoms with E-state index in [1.54, 1.807) is 0 Å². The van der Waals surface area contributed by atoms with Gasteiger partial charge in [-0.1, -0.05) is 259 Å². The van der Waals surface area contributed by atoms with E-state index in [9.17, 15) is 14.4 Å². The summed E-state index contributed by atoms with van der Waals surface area (Å²) < 4.78 is 16.8. The third-order valence-corrected chi connectivity index (χ3v) is 12.6. The lowest BCUT2D eigenvalue weighted by Crippen LogP contribution is -2.30. The van der Waals surface area contributed by atoms with Crippen molar-refractivity contribution in [2.24, 2.45) is 11.8 Å². The van der Waals surface area contributed by atoms with Crippen LogP contribution in [0.3, 0.4) is 0 Å². The molecule has 1 unspecified atom stereocenters. The minimum atomic E-state index is -0.761. The Labute approximate surface area is 374 Å². The third-order valence-electron chi connectivity index (χ3n) is 12.6. The molecule has 0 saturated carbocycles. The molecule has 60 heavy (non-hydrogen) atoms. The molecule has 0 amide bonds. The summed E-state index contributed by atoms with van der Waals surface area (Å²) in [4.78, 5) is 38.0. The summed E-state index contributed by atoms with van der Waals surface area (Å²) >= 11 is 0. The molecule has 6 nitrogen and oxygen atoms in total. The van der Waals surface area contributed by atoms with E-state index in [1.807, 2.05) is 0 Å². The highest BCUT2D eigenvalue weighted by atomic mass is 16.6. The zero-order valence-corrected chi connectivity index (χ0v) is 41.1. The quantitative estimate of drug-likeness (QED) is 0.0345. The van der Waals surface area contributed by atoms with Crippen molar-refractivity contribution in [3.63, 3.8) is 0 Å². The highest BCUT2D eigenvalue weighted by Crippen LogP contribution is 2.18. The van der Waals surface area contributed by atoms with Crippen LogP contribution >= 0.6 is 0 Å². The van der Waals surface area contributed by atoms with Gasteiger partial charge < -0.3 is 14.2 Å². The molecule has 0 N–H and O–H groups in total. The fraction of sp³-hybridized carbons (Fsp3) is 0.944. The van der Waals surface area contributed by atoms with Crippen LogP contribution in [0.15, 0.2) is 0 Å². The number of rotatable bonds is 48. The van der Waals surface area contributed by atoms with Gasteiger partial charge in [-0.3, -0.25) is 14.4 Å². The SMILES string of the molecule is CCCCCCCCCCCCCC(=O)OC[C@H](COC(=O)CCCCCCCCCCCCCCCCC(C)C)OC(=O)CCCCCCCCCCCCC(C)CC. The smallest absolute Gasteiger partial charge is 0.306 e. The summed E-state index contributed by atoms with van der Waals surface area (Å²) in [5, 5.41) is 0. The van der Waals surface area contributed by atoms with E-state index >= 15 is 0 Å². The minimum Gasteiger partial charge on any atom is -0.462 e. The van der Waals surface area contributed by atoms with E-state index in [1.165, 1.54) is 186 Å². The number of hydrogen-bond acceptors (Lipinski definition) is 6. The van der Waals surface area contributed by atoms with E-state index in [0.29, 0.717) is 19.3 Å². The number of unbranched alkanes of at least 4 members (excludes halogenated alkanes) is 32. The molecular weight excluding hydrogens is 745 g/mol. The maximum absolute atomic E-state index is 12.8. The Kier molecular flexibility index (Phi) is 45.7. The molecular formula is C54H104O6. The van der Waals surface area contributed by atoms with Crippen molar-refractivity contribution < 1.29 is 28.6 Å². The molecule has 0 aliphatic rings. The van der Waals surface area contributed by atoms with Crippen molar-refractivity contribution in [1.82, 2.24) is 0 Å². The number of carbonyl (C=O) groups is 3. The van der Waals surface area contributed by atoms with Gasteiger partial charge in [0, 0.05) is 19.3 Å². The molecule has 0 saturated heterocycles. The van der Waals surface area contributed by atoms with Crippen LogP contribution in [0, 0.1) is 11.8 Å². The average molecular weight is 849 g/mol. The number of carbonyl (C=O) groups excluding carboxylic acids is 3. The summed E-state index contributed by atoms with van der Waals surface area (Å²) in [6.45, 7) is 11.4. The molecule has 0 aromatic carbocycles. The lowest BCUT2D eigenvalue weighted by Gasteiger charge is -2.18. The maximum Gasteiger partial charge on any atom is 0.306 e. The molecule has 0 bridgehead atoms. The van der Waals surface area contributed by atoms with Crippen LogP contribution in [0.4, 0.5) is 0 Å². The highest BCUT2D eigenvalue weighted by molar-refractivity contribution is 5.71. The fourth-order valence-corrected chi connectivity index (χ4v) is 8.13. The van der Waals surface area contributed by atoms with Crippen molar-refractivity contribution in [2.75, 3.05) is 13.2 Å². The zero-order valence-electron chi connectivity index (χ0n) is 41.1. The molecule has 0 spiro atoms. The molecule has 0 fully saturated rings. The van der Waals surface area contributed by atoms with E-state index < -0.39 is 6.10 Å². The van der Waals surface area contributed by atoms with Gasteiger partial charge in [0.25, 0.3) is 0 Å². The molecule has 0 heterocycles. The average Bonchev–Trinajstić information content (AvgIpc) is 3.23. The predicted molar refractivity (Wildman–Crippen MR) is 256 cm³/mol. The van der Waals surface area contributed by atoms with E-state index in [0.717, 1.165) is 69.6 Å². The first kappa shape index (κ1) is 58.4. The first-order valence-electron chi connectivity index (χ1n) is 26.8. The van der Waals surface area contributed by atoms with Gasteiger partial charge in [-0.05, 0) is 31.1 Å². The van der Waals surface area contributed by atoms with Gasteiger partial charge in [0.15, 0.2) is 6.10 Å². The first-order valence-corrected chi connectivity index (χ1v) is 26.8. The van der Waals surface area contributed by atoms with Crippen LogP contribution in [0.5, 0.6) is 0 Å². The van der Waals surface area contributed by atoms with E-state index in [2.05, 4.69) is 34.6 Å². The lowest BCUT2D eigenvalue weighted by atomic mass is 9.99. The Hall–Kier alpha value is -1.59.